The fourth-order valence-electron chi connectivity index (χ4n) is 1.29. The minimum Gasteiger partial charge on any atom is -0.468 e. The van der Waals surface area contributed by atoms with Crippen molar-refractivity contribution in [3.8, 4) is 0 Å². The van der Waals surface area contributed by atoms with Gasteiger partial charge in [-0.25, -0.2) is 13.1 Å². The van der Waals surface area contributed by atoms with Crippen molar-refractivity contribution in [1.29, 1.82) is 0 Å². The van der Waals surface area contributed by atoms with Crippen molar-refractivity contribution in [2.45, 2.75) is 11.8 Å². The van der Waals surface area contributed by atoms with Crippen molar-refractivity contribution in [3.63, 3.8) is 0 Å². The molecular formula is C11H15ClN2O4S. The smallest absolute Gasteiger partial charge is 0.325 e. The first-order valence-corrected chi connectivity index (χ1v) is 7.61. The Bertz CT molecular complexity index is 507. The van der Waals surface area contributed by atoms with Crippen LogP contribution < -0.4 is 4.72 Å². The van der Waals surface area contributed by atoms with Gasteiger partial charge in [-0.3, -0.25) is 9.78 Å². The molecule has 0 radical (unpaired) electrons. The molecule has 0 saturated carbocycles. The van der Waals surface area contributed by atoms with Crippen molar-refractivity contribution in [1.82, 2.24) is 9.71 Å². The van der Waals surface area contributed by atoms with Crippen molar-refractivity contribution >= 4 is 27.6 Å². The molecule has 1 atom stereocenters. The molecule has 106 valence electrons. The number of halogens is 1. The summed E-state index contributed by atoms with van der Waals surface area (Å²) >= 11 is 5.64. The molecule has 1 N–H and O–H groups in total. The molecule has 1 unspecified atom stereocenters. The Morgan fingerprint density at radius 1 is 1.47 bits per heavy atom. The summed E-state index contributed by atoms with van der Waals surface area (Å²) < 4.78 is 30.0. The first-order valence-electron chi connectivity index (χ1n) is 5.53. The summed E-state index contributed by atoms with van der Waals surface area (Å²) in [7, 11) is -2.29. The first kappa shape index (κ1) is 15.9. The SMILES string of the molecule is COC(=O)C(Cl)CNS(=O)(=O)CCc1ccncc1. The summed E-state index contributed by atoms with van der Waals surface area (Å²) in [5.74, 6) is -0.750. The maximum atomic E-state index is 11.7. The van der Waals surface area contributed by atoms with Gasteiger partial charge in [-0.2, -0.15) is 0 Å². The van der Waals surface area contributed by atoms with Crippen molar-refractivity contribution in [2.24, 2.45) is 0 Å². The van der Waals surface area contributed by atoms with Gasteiger partial charge in [0.15, 0.2) is 0 Å². The number of methoxy groups -OCH3 is 1. The third kappa shape index (κ3) is 6.00. The Kier molecular flexibility index (Phi) is 6.20. The highest BCUT2D eigenvalue weighted by Crippen LogP contribution is 2.01. The summed E-state index contributed by atoms with van der Waals surface area (Å²) in [6.07, 6.45) is 3.56. The van der Waals surface area contributed by atoms with E-state index in [0.717, 1.165) is 5.56 Å². The quantitative estimate of drug-likeness (QED) is 0.579. The molecule has 0 fully saturated rings. The zero-order chi connectivity index (χ0) is 14.3. The summed E-state index contributed by atoms with van der Waals surface area (Å²) in [5.41, 5.74) is 0.871. The zero-order valence-electron chi connectivity index (χ0n) is 10.4. The normalized spacial score (nSPS) is 12.9. The van der Waals surface area contributed by atoms with Crippen LogP contribution in [0.5, 0.6) is 0 Å². The average Bonchev–Trinajstić information content (AvgIpc) is 2.43. The molecule has 1 rings (SSSR count). The number of nitrogens with zero attached hydrogens (tertiary/aromatic N) is 1. The maximum Gasteiger partial charge on any atom is 0.325 e. The second-order valence-corrected chi connectivity index (χ2v) is 6.22. The summed E-state index contributed by atoms with van der Waals surface area (Å²) in [5, 5.41) is -1.03. The Morgan fingerprint density at radius 2 is 2.11 bits per heavy atom. The van der Waals surface area contributed by atoms with E-state index in [2.05, 4.69) is 14.4 Å². The molecule has 0 spiro atoms. The Balaban J connectivity index is 2.42. The van der Waals surface area contributed by atoms with E-state index in [0.29, 0.717) is 6.42 Å². The van der Waals surface area contributed by atoms with E-state index in [1.165, 1.54) is 7.11 Å². The number of sulfonamides is 1. The fraction of sp³-hybridized carbons (Fsp3) is 0.455. The number of carbonyl (C=O) groups is 1. The number of hydrogen-bond acceptors (Lipinski definition) is 5. The largest absolute Gasteiger partial charge is 0.468 e. The molecule has 0 saturated heterocycles. The van der Waals surface area contributed by atoms with E-state index in [4.69, 9.17) is 11.6 Å². The Hall–Kier alpha value is -1.18. The molecule has 0 bridgehead atoms. The van der Waals surface area contributed by atoms with Gasteiger partial charge in [0.1, 0.15) is 5.38 Å². The summed E-state index contributed by atoms with van der Waals surface area (Å²) in [4.78, 5) is 14.9. The van der Waals surface area contributed by atoms with Crippen LogP contribution in [0, 0.1) is 0 Å². The van der Waals surface area contributed by atoms with Gasteiger partial charge in [0.2, 0.25) is 10.0 Å². The molecule has 6 nitrogen and oxygen atoms in total. The van der Waals surface area contributed by atoms with Crippen LogP contribution >= 0.6 is 11.6 Å². The van der Waals surface area contributed by atoms with Crippen molar-refractivity contribution in [2.75, 3.05) is 19.4 Å². The van der Waals surface area contributed by atoms with Crippen LogP contribution in [0.3, 0.4) is 0 Å². The van der Waals surface area contributed by atoms with E-state index >= 15 is 0 Å². The Labute approximate surface area is 117 Å². The number of rotatable bonds is 7. The highest BCUT2D eigenvalue weighted by molar-refractivity contribution is 7.89. The van der Waals surface area contributed by atoms with Gasteiger partial charge in [0.05, 0.1) is 12.9 Å². The van der Waals surface area contributed by atoms with Gasteiger partial charge in [-0.1, -0.05) is 0 Å². The van der Waals surface area contributed by atoms with Crippen LogP contribution in [0.4, 0.5) is 0 Å². The maximum absolute atomic E-state index is 11.7. The number of aryl methyl sites for hydroxylation is 1. The predicted octanol–water partition coefficient (Wildman–Crippen LogP) is 0.324. The standard InChI is InChI=1S/C11H15ClN2O4S/c1-18-11(15)10(12)8-14-19(16,17)7-4-9-2-5-13-6-3-9/h2-3,5-6,10,14H,4,7-8H2,1H3. The minimum atomic E-state index is -3.48. The van der Waals surface area contributed by atoms with E-state index in [-0.39, 0.29) is 12.3 Å². The number of carbonyl (C=O) groups excluding carboxylic acids is 1. The lowest BCUT2D eigenvalue weighted by molar-refractivity contribution is -0.140. The fourth-order valence-corrected chi connectivity index (χ4v) is 2.61. The van der Waals surface area contributed by atoms with Crippen LogP contribution in [0.25, 0.3) is 0 Å². The number of hydrogen-bond donors (Lipinski definition) is 1. The summed E-state index contributed by atoms with van der Waals surface area (Å²) in [6.45, 7) is -0.188. The molecule has 1 aromatic rings. The van der Waals surface area contributed by atoms with Crippen molar-refractivity contribution < 1.29 is 17.9 Å². The molecular weight excluding hydrogens is 292 g/mol. The highest BCUT2D eigenvalue weighted by Gasteiger charge is 2.19. The van der Waals surface area contributed by atoms with Gasteiger partial charge in [-0.15, -0.1) is 11.6 Å². The molecule has 0 aliphatic carbocycles. The number of nitrogens with one attached hydrogen (secondary N) is 1. The molecule has 1 aromatic heterocycles. The molecule has 0 aliphatic heterocycles. The third-order valence-electron chi connectivity index (χ3n) is 2.35. The minimum absolute atomic E-state index is 0.0816. The number of pyridine rings is 1. The van der Waals surface area contributed by atoms with Crippen LogP contribution in [0.15, 0.2) is 24.5 Å². The van der Waals surface area contributed by atoms with Gasteiger partial charge in [0.25, 0.3) is 0 Å². The molecule has 0 aliphatic rings. The lowest BCUT2D eigenvalue weighted by Gasteiger charge is -2.09. The van der Waals surface area contributed by atoms with Crippen LogP contribution in [-0.4, -0.2) is 44.2 Å². The van der Waals surface area contributed by atoms with E-state index in [1.54, 1.807) is 24.5 Å². The average molecular weight is 307 g/mol. The Morgan fingerprint density at radius 3 is 2.68 bits per heavy atom. The topological polar surface area (TPSA) is 85.4 Å². The second-order valence-electron chi connectivity index (χ2n) is 3.76. The lowest BCUT2D eigenvalue weighted by atomic mass is 10.2. The van der Waals surface area contributed by atoms with Crippen molar-refractivity contribution in [3.05, 3.63) is 30.1 Å². The monoisotopic (exact) mass is 306 g/mol. The van der Waals surface area contributed by atoms with E-state index < -0.39 is 21.4 Å². The molecule has 8 heteroatoms. The molecule has 1 heterocycles. The van der Waals surface area contributed by atoms with Crippen LogP contribution in [-0.2, 0) is 26.0 Å². The molecule has 19 heavy (non-hydrogen) atoms. The van der Waals surface area contributed by atoms with Gasteiger partial charge in [0, 0.05) is 18.9 Å². The van der Waals surface area contributed by atoms with Gasteiger partial charge >= 0.3 is 5.97 Å². The highest BCUT2D eigenvalue weighted by atomic mass is 35.5. The van der Waals surface area contributed by atoms with E-state index in [1.807, 2.05) is 0 Å². The number of alkyl halides is 1. The number of ether oxygens (including phenoxy) is 1. The lowest BCUT2D eigenvalue weighted by Crippen LogP contribution is -2.35. The second kappa shape index (κ2) is 7.42. The third-order valence-corrected chi connectivity index (χ3v) is 4.03. The molecule has 0 amide bonds. The molecule has 0 aromatic carbocycles. The van der Waals surface area contributed by atoms with E-state index in [9.17, 15) is 13.2 Å². The number of aromatic nitrogens is 1. The predicted molar refractivity (Wildman–Crippen MR) is 71.4 cm³/mol. The summed E-state index contributed by atoms with van der Waals surface area (Å²) in [6, 6.07) is 3.49. The van der Waals surface area contributed by atoms with Gasteiger partial charge < -0.3 is 4.74 Å². The van der Waals surface area contributed by atoms with Crippen LogP contribution in [0.2, 0.25) is 0 Å². The van der Waals surface area contributed by atoms with Gasteiger partial charge in [-0.05, 0) is 24.1 Å². The first-order chi connectivity index (χ1) is 8.94. The number of esters is 1. The zero-order valence-corrected chi connectivity index (χ0v) is 11.9. The van der Waals surface area contributed by atoms with Crippen LogP contribution in [0.1, 0.15) is 5.56 Å².